The first-order valence-corrected chi connectivity index (χ1v) is 10.5. The molecule has 2 heteroatoms. The lowest BCUT2D eigenvalue weighted by atomic mass is 9.76. The first-order valence-electron chi connectivity index (χ1n) is 10.5. The van der Waals surface area contributed by atoms with E-state index in [1.54, 1.807) is 0 Å². The van der Waals surface area contributed by atoms with Gasteiger partial charge in [0.2, 0.25) is 0 Å². The molecular formula is C27H28NO. The first kappa shape index (κ1) is 19.4. The zero-order chi connectivity index (χ0) is 20.4. The molecule has 3 aromatic carbocycles. The molecule has 2 atom stereocenters. The Hall–Kier alpha value is -2.87. The van der Waals surface area contributed by atoms with Crippen LogP contribution >= 0.6 is 0 Å². The van der Waals surface area contributed by atoms with Crippen molar-refractivity contribution in [3.8, 4) is 0 Å². The summed E-state index contributed by atoms with van der Waals surface area (Å²) in [5.74, 6) is 0.417. The summed E-state index contributed by atoms with van der Waals surface area (Å²) in [6.45, 7) is 8.59. The summed E-state index contributed by atoms with van der Waals surface area (Å²) in [7, 11) is 0. The molecule has 0 fully saturated rings. The van der Waals surface area contributed by atoms with Gasteiger partial charge in [0.25, 0.3) is 0 Å². The van der Waals surface area contributed by atoms with Crippen molar-refractivity contribution in [3.63, 3.8) is 0 Å². The number of rotatable bonds is 5. The maximum Gasteiger partial charge on any atom is 0.175 e. The van der Waals surface area contributed by atoms with Gasteiger partial charge in [0.1, 0.15) is 0 Å². The van der Waals surface area contributed by atoms with Crippen LogP contribution in [0.5, 0.6) is 0 Å². The van der Waals surface area contributed by atoms with Crippen LogP contribution in [-0.2, 0) is 0 Å². The lowest BCUT2D eigenvalue weighted by molar-refractivity contribution is 0.0944. The monoisotopic (exact) mass is 382 g/mol. The summed E-state index contributed by atoms with van der Waals surface area (Å²) in [6, 6.07) is 24.6. The predicted molar refractivity (Wildman–Crippen MR) is 121 cm³/mol. The second kappa shape index (κ2) is 8.24. The van der Waals surface area contributed by atoms with Gasteiger partial charge in [-0.05, 0) is 54.0 Å². The number of fused-ring (bicyclic) bond motifs is 1. The molecule has 0 spiro atoms. The van der Waals surface area contributed by atoms with Crippen molar-refractivity contribution >= 4 is 11.5 Å². The normalized spacial score (nSPS) is 18.4. The molecule has 0 bridgehead atoms. The summed E-state index contributed by atoms with van der Waals surface area (Å²) < 4.78 is 0. The molecule has 1 heterocycles. The molecule has 147 valence electrons. The SMILES string of the molecule is [CH2]c1cccc2c1C(=O)C(c1ccccc1)C(c1cccc(C(CC)CC)c1)N2. The van der Waals surface area contributed by atoms with Gasteiger partial charge in [0, 0.05) is 11.3 Å². The Morgan fingerprint density at radius 2 is 1.59 bits per heavy atom. The molecule has 0 amide bonds. The quantitative estimate of drug-likeness (QED) is 0.520. The number of ketones is 1. The number of carbonyl (C=O) groups excluding carboxylic acids is 1. The summed E-state index contributed by atoms with van der Waals surface area (Å²) in [5.41, 5.74) is 5.94. The van der Waals surface area contributed by atoms with Crippen molar-refractivity contribution in [1.82, 2.24) is 0 Å². The Labute approximate surface area is 174 Å². The summed E-state index contributed by atoms with van der Waals surface area (Å²) >= 11 is 0. The number of hydrogen-bond donors (Lipinski definition) is 1. The first-order chi connectivity index (χ1) is 14.1. The van der Waals surface area contributed by atoms with Crippen LogP contribution < -0.4 is 5.32 Å². The summed E-state index contributed by atoms with van der Waals surface area (Å²) in [4.78, 5) is 13.7. The minimum Gasteiger partial charge on any atom is -0.377 e. The smallest absolute Gasteiger partial charge is 0.175 e. The van der Waals surface area contributed by atoms with Crippen molar-refractivity contribution in [3.05, 3.63) is 108 Å². The highest BCUT2D eigenvalue weighted by Gasteiger charge is 2.38. The van der Waals surface area contributed by atoms with Crippen molar-refractivity contribution in [2.45, 2.75) is 44.6 Å². The standard InChI is InChI=1S/C27H28NO/c1-4-19(5-2)21-14-10-15-22(17-21)26-25(20-12-7-6-8-13-20)27(29)24-18(3)11-9-16-23(24)28-26/h6-17,19,25-26,28H,3-5H2,1-2H3. The van der Waals surface area contributed by atoms with E-state index in [-0.39, 0.29) is 17.7 Å². The topological polar surface area (TPSA) is 29.1 Å². The van der Waals surface area contributed by atoms with Crippen LogP contribution in [0.4, 0.5) is 5.69 Å². The average Bonchev–Trinajstić information content (AvgIpc) is 2.75. The second-order valence-electron chi connectivity index (χ2n) is 7.90. The number of benzene rings is 3. The molecular weight excluding hydrogens is 354 g/mol. The maximum absolute atomic E-state index is 13.7. The molecule has 1 N–H and O–H groups in total. The zero-order valence-corrected chi connectivity index (χ0v) is 17.2. The Morgan fingerprint density at radius 3 is 2.31 bits per heavy atom. The number of anilines is 1. The minimum atomic E-state index is -0.274. The predicted octanol–water partition coefficient (Wildman–Crippen LogP) is 6.91. The molecule has 2 unspecified atom stereocenters. The molecule has 3 aromatic rings. The molecule has 0 aliphatic carbocycles. The van der Waals surface area contributed by atoms with Crippen LogP contribution in [0.1, 0.15) is 77.2 Å². The van der Waals surface area contributed by atoms with Crippen LogP contribution in [0, 0.1) is 6.92 Å². The fourth-order valence-electron chi connectivity index (χ4n) is 4.62. The third-order valence-electron chi connectivity index (χ3n) is 6.21. The van der Waals surface area contributed by atoms with Crippen LogP contribution in [-0.4, -0.2) is 5.78 Å². The number of hydrogen-bond acceptors (Lipinski definition) is 2. The molecule has 0 saturated heterocycles. The minimum absolute atomic E-state index is 0.103. The molecule has 4 rings (SSSR count). The van der Waals surface area contributed by atoms with E-state index in [1.807, 2.05) is 36.4 Å². The van der Waals surface area contributed by atoms with E-state index in [2.05, 4.69) is 62.5 Å². The van der Waals surface area contributed by atoms with Gasteiger partial charge in [-0.2, -0.15) is 0 Å². The molecule has 0 aromatic heterocycles. The second-order valence-corrected chi connectivity index (χ2v) is 7.90. The molecule has 29 heavy (non-hydrogen) atoms. The fraction of sp³-hybridized carbons (Fsp3) is 0.259. The van der Waals surface area contributed by atoms with Gasteiger partial charge >= 0.3 is 0 Å². The van der Waals surface area contributed by atoms with E-state index >= 15 is 0 Å². The number of carbonyl (C=O) groups is 1. The van der Waals surface area contributed by atoms with E-state index < -0.39 is 0 Å². The molecule has 0 saturated carbocycles. The third-order valence-corrected chi connectivity index (χ3v) is 6.21. The highest BCUT2D eigenvalue weighted by atomic mass is 16.1. The summed E-state index contributed by atoms with van der Waals surface area (Å²) in [6.07, 6.45) is 2.24. The van der Waals surface area contributed by atoms with Gasteiger partial charge in [-0.3, -0.25) is 4.79 Å². The highest BCUT2D eigenvalue weighted by molar-refractivity contribution is 6.09. The molecule has 1 radical (unpaired) electrons. The van der Waals surface area contributed by atoms with Gasteiger partial charge in [-0.1, -0.05) is 80.6 Å². The third kappa shape index (κ3) is 3.60. The zero-order valence-electron chi connectivity index (χ0n) is 17.2. The number of nitrogens with one attached hydrogen (secondary N) is 1. The van der Waals surface area contributed by atoms with Crippen molar-refractivity contribution in [2.24, 2.45) is 0 Å². The molecule has 2 nitrogen and oxygen atoms in total. The average molecular weight is 383 g/mol. The van der Waals surface area contributed by atoms with Crippen LogP contribution in [0.2, 0.25) is 0 Å². The van der Waals surface area contributed by atoms with Gasteiger partial charge in [-0.15, -0.1) is 0 Å². The molecule has 1 aliphatic rings. The van der Waals surface area contributed by atoms with E-state index in [0.29, 0.717) is 11.5 Å². The van der Waals surface area contributed by atoms with E-state index in [0.717, 1.165) is 35.2 Å². The molecule has 1 aliphatic heterocycles. The van der Waals surface area contributed by atoms with Crippen LogP contribution in [0.3, 0.4) is 0 Å². The van der Waals surface area contributed by atoms with Crippen molar-refractivity contribution in [2.75, 3.05) is 5.32 Å². The largest absolute Gasteiger partial charge is 0.377 e. The van der Waals surface area contributed by atoms with E-state index in [1.165, 1.54) is 5.56 Å². The van der Waals surface area contributed by atoms with Gasteiger partial charge < -0.3 is 5.32 Å². The Bertz CT molecular complexity index is 1000. The lowest BCUT2D eigenvalue weighted by Gasteiger charge is -2.35. The van der Waals surface area contributed by atoms with E-state index in [4.69, 9.17) is 0 Å². The summed E-state index contributed by atoms with van der Waals surface area (Å²) in [5, 5.41) is 3.67. The highest BCUT2D eigenvalue weighted by Crippen LogP contribution is 2.43. The Kier molecular flexibility index (Phi) is 5.53. The Morgan fingerprint density at radius 1 is 0.897 bits per heavy atom. The van der Waals surface area contributed by atoms with Crippen LogP contribution in [0.25, 0.3) is 0 Å². The van der Waals surface area contributed by atoms with Crippen molar-refractivity contribution < 1.29 is 4.79 Å². The van der Waals surface area contributed by atoms with Gasteiger partial charge in [0.15, 0.2) is 5.78 Å². The van der Waals surface area contributed by atoms with Gasteiger partial charge in [0.05, 0.1) is 12.0 Å². The lowest BCUT2D eigenvalue weighted by Crippen LogP contribution is -2.32. The fourth-order valence-corrected chi connectivity index (χ4v) is 4.62. The Balaban J connectivity index is 1.84. The van der Waals surface area contributed by atoms with Crippen molar-refractivity contribution in [1.29, 1.82) is 0 Å². The van der Waals surface area contributed by atoms with Crippen LogP contribution in [0.15, 0.2) is 72.8 Å². The van der Waals surface area contributed by atoms with Gasteiger partial charge in [-0.25, -0.2) is 0 Å². The van der Waals surface area contributed by atoms with E-state index in [9.17, 15) is 4.79 Å². The number of Topliss-reactive ketones (excluding diaryl/α,β-unsaturated/α-hetero) is 1. The maximum atomic E-state index is 13.7.